The number of carbonyl (C=O) groups is 1. The number of halogens is 1. The lowest BCUT2D eigenvalue weighted by molar-refractivity contribution is 0.0952. The molecule has 0 saturated carbocycles. The first-order chi connectivity index (χ1) is 11.4. The number of hydrogen-bond donors (Lipinski definition) is 1. The standard InChI is InChI=1S/C20H23BFNO/c1-14(2)9-10-23-20(24)17-7-5-15(6-8-17)3-4-16-11-18(21)13-19(22)12-16/h5-8,11-14H,3-4,9-10H2,1-2H3,(H,23,24). The van der Waals surface area contributed by atoms with Crippen molar-refractivity contribution in [2.24, 2.45) is 5.92 Å². The molecule has 2 rings (SSSR count). The second-order valence-electron chi connectivity index (χ2n) is 6.53. The molecule has 2 aromatic carbocycles. The van der Waals surface area contributed by atoms with Crippen molar-refractivity contribution in [3.8, 4) is 0 Å². The van der Waals surface area contributed by atoms with Gasteiger partial charge in [0.15, 0.2) is 0 Å². The number of rotatable bonds is 7. The van der Waals surface area contributed by atoms with E-state index in [1.807, 2.05) is 24.3 Å². The first kappa shape index (κ1) is 18.2. The SMILES string of the molecule is [B]c1cc(F)cc(CCc2ccc(C(=O)NCCC(C)C)cc2)c1. The fourth-order valence-electron chi connectivity index (χ4n) is 2.51. The highest BCUT2D eigenvalue weighted by atomic mass is 19.1. The number of hydrogen-bond acceptors (Lipinski definition) is 1. The summed E-state index contributed by atoms with van der Waals surface area (Å²) in [6.45, 7) is 4.96. The lowest BCUT2D eigenvalue weighted by Crippen LogP contribution is -2.25. The number of amides is 1. The van der Waals surface area contributed by atoms with E-state index in [0.717, 1.165) is 24.0 Å². The fourth-order valence-corrected chi connectivity index (χ4v) is 2.51. The van der Waals surface area contributed by atoms with Gasteiger partial charge in [-0.3, -0.25) is 4.79 Å². The Balaban J connectivity index is 1.88. The van der Waals surface area contributed by atoms with E-state index in [1.165, 1.54) is 12.1 Å². The molecule has 0 bridgehead atoms. The van der Waals surface area contributed by atoms with Crippen LogP contribution in [0.15, 0.2) is 42.5 Å². The van der Waals surface area contributed by atoms with Crippen molar-refractivity contribution < 1.29 is 9.18 Å². The van der Waals surface area contributed by atoms with Gasteiger partial charge < -0.3 is 5.32 Å². The van der Waals surface area contributed by atoms with Crippen LogP contribution in [-0.4, -0.2) is 20.3 Å². The Kier molecular flexibility index (Phi) is 6.59. The highest BCUT2D eigenvalue weighted by Crippen LogP contribution is 2.10. The Bertz CT molecular complexity index is 662. The largest absolute Gasteiger partial charge is 0.352 e. The zero-order valence-corrected chi connectivity index (χ0v) is 14.3. The maximum Gasteiger partial charge on any atom is 0.251 e. The molecular weight excluding hydrogens is 300 g/mol. The number of nitrogens with one attached hydrogen (secondary N) is 1. The lowest BCUT2D eigenvalue weighted by atomic mass is 9.92. The van der Waals surface area contributed by atoms with Crippen molar-refractivity contribution in [1.29, 1.82) is 0 Å². The lowest BCUT2D eigenvalue weighted by Gasteiger charge is -2.08. The summed E-state index contributed by atoms with van der Waals surface area (Å²) >= 11 is 0. The van der Waals surface area contributed by atoms with E-state index < -0.39 is 0 Å². The Labute approximate surface area is 144 Å². The minimum absolute atomic E-state index is 0.0416. The van der Waals surface area contributed by atoms with Crippen molar-refractivity contribution in [3.05, 3.63) is 65.0 Å². The Morgan fingerprint density at radius 2 is 1.75 bits per heavy atom. The molecule has 0 unspecified atom stereocenters. The first-order valence-corrected chi connectivity index (χ1v) is 8.36. The smallest absolute Gasteiger partial charge is 0.251 e. The molecule has 24 heavy (non-hydrogen) atoms. The molecule has 1 amide bonds. The van der Waals surface area contributed by atoms with E-state index >= 15 is 0 Å². The maximum absolute atomic E-state index is 13.3. The van der Waals surface area contributed by atoms with Gasteiger partial charge in [-0.1, -0.05) is 37.5 Å². The van der Waals surface area contributed by atoms with Gasteiger partial charge in [0.25, 0.3) is 5.91 Å². The molecule has 1 N–H and O–H groups in total. The molecule has 0 spiro atoms. The molecule has 4 heteroatoms. The molecule has 0 aliphatic rings. The summed E-state index contributed by atoms with van der Waals surface area (Å²) < 4.78 is 13.3. The third kappa shape index (κ3) is 5.84. The van der Waals surface area contributed by atoms with Gasteiger partial charge in [0.05, 0.1) is 0 Å². The number of benzene rings is 2. The average Bonchev–Trinajstić information content (AvgIpc) is 2.52. The van der Waals surface area contributed by atoms with Gasteiger partial charge in [-0.15, -0.1) is 0 Å². The van der Waals surface area contributed by atoms with Crippen molar-refractivity contribution in [3.63, 3.8) is 0 Å². The van der Waals surface area contributed by atoms with Crippen molar-refractivity contribution >= 4 is 19.2 Å². The summed E-state index contributed by atoms with van der Waals surface area (Å²) in [5.41, 5.74) is 3.09. The normalized spacial score (nSPS) is 10.8. The summed E-state index contributed by atoms with van der Waals surface area (Å²) in [4.78, 5) is 12.0. The summed E-state index contributed by atoms with van der Waals surface area (Å²) in [5.74, 6) is 0.225. The number of carbonyl (C=O) groups excluding carboxylic acids is 1. The van der Waals surface area contributed by atoms with E-state index in [4.69, 9.17) is 7.85 Å². The molecule has 124 valence electrons. The minimum atomic E-state index is -0.307. The van der Waals surface area contributed by atoms with Crippen LogP contribution in [0.1, 0.15) is 41.8 Å². The zero-order chi connectivity index (χ0) is 17.5. The molecular formula is C20H23BFNO. The monoisotopic (exact) mass is 323 g/mol. The summed E-state index contributed by atoms with van der Waals surface area (Å²) in [6, 6.07) is 12.2. The molecule has 0 heterocycles. The Morgan fingerprint density at radius 3 is 2.38 bits per heavy atom. The van der Waals surface area contributed by atoms with E-state index in [1.54, 1.807) is 6.07 Å². The topological polar surface area (TPSA) is 29.1 Å². The van der Waals surface area contributed by atoms with Crippen LogP contribution in [0, 0.1) is 11.7 Å². The van der Waals surface area contributed by atoms with Gasteiger partial charge in [0.2, 0.25) is 0 Å². The summed E-state index contributed by atoms with van der Waals surface area (Å²) in [5, 5.41) is 2.93. The molecule has 0 aliphatic carbocycles. The average molecular weight is 323 g/mol. The van der Waals surface area contributed by atoms with Crippen molar-refractivity contribution in [1.82, 2.24) is 5.32 Å². The highest BCUT2D eigenvalue weighted by molar-refractivity contribution is 6.32. The molecule has 2 aromatic rings. The Hall–Kier alpha value is -2.10. The van der Waals surface area contributed by atoms with Gasteiger partial charge in [0, 0.05) is 12.1 Å². The zero-order valence-electron chi connectivity index (χ0n) is 14.3. The Morgan fingerprint density at radius 1 is 1.08 bits per heavy atom. The molecule has 0 atom stereocenters. The molecule has 0 aliphatic heterocycles. The van der Waals surface area contributed by atoms with Gasteiger partial charge >= 0.3 is 0 Å². The fraction of sp³-hybridized carbons (Fsp3) is 0.350. The maximum atomic E-state index is 13.3. The van der Waals surface area contributed by atoms with Crippen LogP contribution in [-0.2, 0) is 12.8 Å². The van der Waals surface area contributed by atoms with Gasteiger partial charge in [0.1, 0.15) is 13.7 Å². The van der Waals surface area contributed by atoms with Crippen LogP contribution in [0.25, 0.3) is 0 Å². The van der Waals surface area contributed by atoms with Gasteiger partial charge in [-0.2, -0.15) is 0 Å². The van der Waals surface area contributed by atoms with Crippen LogP contribution in [0.5, 0.6) is 0 Å². The summed E-state index contributed by atoms with van der Waals surface area (Å²) in [6.07, 6.45) is 2.46. The van der Waals surface area contributed by atoms with Gasteiger partial charge in [-0.05, 0) is 60.6 Å². The number of aryl methyl sites for hydroxylation is 2. The molecule has 2 radical (unpaired) electrons. The predicted molar refractivity (Wildman–Crippen MR) is 97.4 cm³/mol. The van der Waals surface area contributed by atoms with Crippen LogP contribution in [0.3, 0.4) is 0 Å². The third-order valence-corrected chi connectivity index (χ3v) is 3.91. The molecule has 0 aromatic heterocycles. The third-order valence-electron chi connectivity index (χ3n) is 3.91. The van der Waals surface area contributed by atoms with Crippen molar-refractivity contribution in [2.45, 2.75) is 33.1 Å². The first-order valence-electron chi connectivity index (χ1n) is 8.36. The van der Waals surface area contributed by atoms with E-state index in [9.17, 15) is 9.18 Å². The summed E-state index contributed by atoms with van der Waals surface area (Å²) in [7, 11) is 5.66. The second-order valence-corrected chi connectivity index (χ2v) is 6.53. The van der Waals surface area contributed by atoms with Crippen LogP contribution < -0.4 is 10.8 Å². The molecule has 0 saturated heterocycles. The quantitative estimate of drug-likeness (QED) is 0.779. The van der Waals surface area contributed by atoms with Gasteiger partial charge in [-0.25, -0.2) is 4.39 Å². The van der Waals surface area contributed by atoms with Crippen molar-refractivity contribution in [2.75, 3.05) is 6.54 Å². The minimum Gasteiger partial charge on any atom is -0.352 e. The highest BCUT2D eigenvalue weighted by Gasteiger charge is 2.06. The van der Waals surface area contributed by atoms with Crippen LogP contribution in [0.2, 0.25) is 0 Å². The van der Waals surface area contributed by atoms with E-state index in [-0.39, 0.29) is 11.7 Å². The van der Waals surface area contributed by atoms with E-state index in [0.29, 0.717) is 29.9 Å². The van der Waals surface area contributed by atoms with E-state index in [2.05, 4.69) is 19.2 Å². The van der Waals surface area contributed by atoms with Crippen LogP contribution >= 0.6 is 0 Å². The van der Waals surface area contributed by atoms with Crippen LogP contribution in [0.4, 0.5) is 4.39 Å². The second kappa shape index (κ2) is 8.67. The predicted octanol–water partition coefficient (Wildman–Crippen LogP) is 3.18. The molecule has 2 nitrogen and oxygen atoms in total. The molecule has 0 fully saturated rings.